The summed E-state index contributed by atoms with van der Waals surface area (Å²) in [5.41, 5.74) is 4.06. The lowest BCUT2D eigenvalue weighted by molar-refractivity contribution is -0.283. The van der Waals surface area contributed by atoms with Gasteiger partial charge in [-0.3, -0.25) is 0 Å². The molecule has 8 nitrogen and oxygen atoms in total. The van der Waals surface area contributed by atoms with Crippen LogP contribution in [0.25, 0.3) is 11.0 Å². The molecule has 140 valence electrons. The molecule has 0 spiro atoms. The van der Waals surface area contributed by atoms with Crippen LogP contribution in [-0.2, 0) is 9.47 Å². The lowest BCUT2D eigenvalue weighted by atomic mass is 9.82. The predicted octanol–water partition coefficient (Wildman–Crippen LogP) is 1.77. The van der Waals surface area contributed by atoms with Gasteiger partial charge in [0.1, 0.15) is 6.10 Å². The van der Waals surface area contributed by atoms with Crippen LogP contribution < -0.4 is 16.1 Å². The number of ether oxygens (including phenoxy) is 3. The molecule has 2 heterocycles. The van der Waals surface area contributed by atoms with E-state index in [0.717, 1.165) is 0 Å². The van der Waals surface area contributed by atoms with Gasteiger partial charge in [0.05, 0.1) is 5.60 Å². The third-order valence-electron chi connectivity index (χ3n) is 4.73. The molecule has 4 atom stereocenters. The molecule has 0 radical (unpaired) electrons. The normalized spacial score (nSPS) is 27.8. The van der Waals surface area contributed by atoms with E-state index in [1.807, 2.05) is 0 Å². The highest BCUT2D eigenvalue weighted by Gasteiger charge is 2.50. The topological polar surface area (TPSA) is 121 Å². The number of hydrogen-bond acceptors (Lipinski definition) is 7. The molecule has 26 heavy (non-hydrogen) atoms. The number of carbonyl (C=O) groups excluding carboxylic acids is 1. The number of benzene rings is 1. The van der Waals surface area contributed by atoms with E-state index in [2.05, 4.69) is 0 Å². The SMILES string of the molecule is C[C@@H]1[C@H](OC(N)=O)[C@H](O)C(Oc2cccc3ccc(=O)oc23)OC1(C)C. The van der Waals surface area contributed by atoms with Crippen LogP contribution in [0.2, 0.25) is 0 Å². The van der Waals surface area contributed by atoms with Crippen LogP contribution in [0.5, 0.6) is 5.75 Å². The molecular weight excluding hydrogens is 342 g/mol. The van der Waals surface area contributed by atoms with E-state index in [1.165, 1.54) is 6.07 Å². The van der Waals surface area contributed by atoms with Crippen molar-refractivity contribution in [1.82, 2.24) is 0 Å². The van der Waals surface area contributed by atoms with Crippen LogP contribution in [0.4, 0.5) is 4.79 Å². The maximum atomic E-state index is 11.5. The minimum atomic E-state index is -1.28. The second kappa shape index (κ2) is 6.62. The Morgan fingerprint density at radius 2 is 2.00 bits per heavy atom. The number of aliphatic hydroxyl groups is 1. The summed E-state index contributed by atoms with van der Waals surface area (Å²) >= 11 is 0. The molecule has 0 saturated carbocycles. The summed E-state index contributed by atoms with van der Waals surface area (Å²) in [5.74, 6) is -0.109. The number of carbonyl (C=O) groups is 1. The third-order valence-corrected chi connectivity index (χ3v) is 4.73. The van der Waals surface area contributed by atoms with Gasteiger partial charge in [0.15, 0.2) is 17.4 Å². The number of nitrogens with two attached hydrogens (primary N) is 1. The monoisotopic (exact) mass is 363 g/mol. The molecule has 1 aromatic heterocycles. The Hall–Kier alpha value is -2.58. The maximum absolute atomic E-state index is 11.5. The standard InChI is InChI=1S/C18H21NO7/c1-9-14(25-17(19)22)13(21)16(26-18(9,2)3)23-11-6-4-5-10-7-8-12(20)24-15(10)11/h4-9,13-14,16,21H,1-3H3,(H2,19,22)/t9-,13+,14+,16?/m1/s1. The molecule has 2 aromatic rings. The second-order valence-corrected chi connectivity index (χ2v) is 6.82. The number of para-hydroxylation sites is 1. The van der Waals surface area contributed by atoms with Crippen LogP contribution in [-0.4, -0.2) is 35.3 Å². The van der Waals surface area contributed by atoms with Crippen molar-refractivity contribution in [2.45, 2.75) is 44.9 Å². The fraction of sp³-hybridized carbons (Fsp3) is 0.444. The van der Waals surface area contributed by atoms with Crippen LogP contribution in [0.1, 0.15) is 20.8 Å². The molecule has 1 unspecified atom stereocenters. The lowest BCUT2D eigenvalue weighted by Gasteiger charge is -2.47. The van der Waals surface area contributed by atoms with Crippen LogP contribution in [0.3, 0.4) is 0 Å². The Balaban J connectivity index is 1.95. The van der Waals surface area contributed by atoms with Crippen LogP contribution >= 0.6 is 0 Å². The Bertz CT molecular complexity index is 875. The summed E-state index contributed by atoms with van der Waals surface area (Å²) in [6.07, 6.45) is -4.34. The van der Waals surface area contributed by atoms with Crippen molar-refractivity contribution in [2.75, 3.05) is 0 Å². The predicted molar refractivity (Wildman–Crippen MR) is 91.7 cm³/mol. The third kappa shape index (κ3) is 3.38. The Morgan fingerprint density at radius 1 is 1.27 bits per heavy atom. The largest absolute Gasteiger partial charge is 0.458 e. The molecule has 3 rings (SSSR count). The first kappa shape index (κ1) is 18.2. The molecule has 1 fully saturated rings. The van der Waals surface area contributed by atoms with E-state index in [0.29, 0.717) is 5.39 Å². The average molecular weight is 363 g/mol. The van der Waals surface area contributed by atoms with E-state index >= 15 is 0 Å². The first-order valence-electron chi connectivity index (χ1n) is 8.20. The van der Waals surface area contributed by atoms with Gasteiger partial charge < -0.3 is 29.5 Å². The molecule has 1 saturated heterocycles. The van der Waals surface area contributed by atoms with E-state index in [1.54, 1.807) is 45.0 Å². The fourth-order valence-corrected chi connectivity index (χ4v) is 3.01. The first-order chi connectivity index (χ1) is 12.2. The van der Waals surface area contributed by atoms with Crippen molar-refractivity contribution in [3.63, 3.8) is 0 Å². The Morgan fingerprint density at radius 3 is 2.69 bits per heavy atom. The molecule has 1 aliphatic rings. The molecule has 1 amide bonds. The van der Waals surface area contributed by atoms with Crippen molar-refractivity contribution in [1.29, 1.82) is 0 Å². The number of primary amides is 1. The highest BCUT2D eigenvalue weighted by atomic mass is 16.7. The summed E-state index contributed by atoms with van der Waals surface area (Å²) in [6, 6.07) is 7.99. The zero-order valence-corrected chi connectivity index (χ0v) is 14.7. The van der Waals surface area contributed by atoms with Gasteiger partial charge in [0, 0.05) is 17.4 Å². The molecule has 0 aliphatic carbocycles. The van der Waals surface area contributed by atoms with Crippen molar-refractivity contribution < 1.29 is 28.5 Å². The molecule has 1 aliphatic heterocycles. The number of hydrogen-bond donors (Lipinski definition) is 2. The van der Waals surface area contributed by atoms with Gasteiger partial charge in [-0.2, -0.15) is 0 Å². The molecule has 0 bridgehead atoms. The van der Waals surface area contributed by atoms with Crippen molar-refractivity contribution >= 4 is 17.1 Å². The molecule has 8 heteroatoms. The van der Waals surface area contributed by atoms with Crippen molar-refractivity contribution in [3.8, 4) is 5.75 Å². The quantitative estimate of drug-likeness (QED) is 0.797. The van der Waals surface area contributed by atoms with E-state index < -0.39 is 35.8 Å². The average Bonchev–Trinajstić information content (AvgIpc) is 2.57. The number of amides is 1. The van der Waals surface area contributed by atoms with Gasteiger partial charge in [0.2, 0.25) is 6.29 Å². The minimum absolute atomic E-state index is 0.229. The van der Waals surface area contributed by atoms with Crippen LogP contribution in [0, 0.1) is 5.92 Å². The van der Waals surface area contributed by atoms with Gasteiger partial charge in [-0.25, -0.2) is 9.59 Å². The van der Waals surface area contributed by atoms with Gasteiger partial charge in [-0.1, -0.05) is 19.1 Å². The number of fused-ring (bicyclic) bond motifs is 1. The minimum Gasteiger partial charge on any atom is -0.458 e. The summed E-state index contributed by atoms with van der Waals surface area (Å²) in [6.45, 7) is 5.37. The summed E-state index contributed by atoms with van der Waals surface area (Å²) in [5, 5.41) is 11.3. The van der Waals surface area contributed by atoms with E-state index in [-0.39, 0.29) is 17.3 Å². The van der Waals surface area contributed by atoms with Gasteiger partial charge in [-0.05, 0) is 26.0 Å². The number of rotatable bonds is 3. The van der Waals surface area contributed by atoms with Crippen LogP contribution in [0.15, 0.2) is 39.5 Å². The molecule has 1 aromatic carbocycles. The highest BCUT2D eigenvalue weighted by molar-refractivity contribution is 5.82. The zero-order valence-electron chi connectivity index (χ0n) is 14.7. The van der Waals surface area contributed by atoms with Crippen molar-refractivity contribution in [3.05, 3.63) is 40.8 Å². The first-order valence-corrected chi connectivity index (χ1v) is 8.20. The fourth-order valence-electron chi connectivity index (χ4n) is 3.01. The van der Waals surface area contributed by atoms with Crippen molar-refractivity contribution in [2.24, 2.45) is 11.7 Å². The van der Waals surface area contributed by atoms with Gasteiger partial charge >= 0.3 is 11.7 Å². The Kier molecular flexibility index (Phi) is 4.64. The van der Waals surface area contributed by atoms with Gasteiger partial charge in [0.25, 0.3) is 0 Å². The maximum Gasteiger partial charge on any atom is 0.404 e. The van der Waals surface area contributed by atoms with E-state index in [9.17, 15) is 14.7 Å². The smallest absolute Gasteiger partial charge is 0.404 e. The summed E-state index contributed by atoms with van der Waals surface area (Å²) in [4.78, 5) is 22.7. The second-order valence-electron chi connectivity index (χ2n) is 6.82. The molecule has 3 N–H and O–H groups in total. The highest BCUT2D eigenvalue weighted by Crippen LogP contribution is 2.37. The summed E-state index contributed by atoms with van der Waals surface area (Å²) < 4.78 is 22.0. The zero-order chi connectivity index (χ0) is 19.1. The summed E-state index contributed by atoms with van der Waals surface area (Å²) in [7, 11) is 0. The van der Waals surface area contributed by atoms with Gasteiger partial charge in [-0.15, -0.1) is 0 Å². The number of aliphatic hydroxyl groups excluding tert-OH is 1. The van der Waals surface area contributed by atoms with E-state index in [4.69, 9.17) is 24.4 Å². The lowest BCUT2D eigenvalue weighted by Crippen LogP contribution is -2.61. The Labute approximate surface area is 149 Å². The molecular formula is C18H21NO7.